The van der Waals surface area contributed by atoms with Crippen molar-refractivity contribution in [1.29, 1.82) is 0 Å². The summed E-state index contributed by atoms with van der Waals surface area (Å²) in [5, 5.41) is 3.80. The molecule has 0 bridgehead atoms. The molecule has 1 aromatic rings. The lowest BCUT2D eigenvalue weighted by Crippen LogP contribution is -2.29. The van der Waals surface area contributed by atoms with Crippen LogP contribution in [0.4, 0.5) is 0 Å². The van der Waals surface area contributed by atoms with Crippen molar-refractivity contribution in [3.05, 3.63) is 29.3 Å². The van der Waals surface area contributed by atoms with Crippen molar-refractivity contribution in [2.75, 3.05) is 24.7 Å². The minimum Gasteiger partial charge on any atom is -0.493 e. The Bertz CT molecular complexity index is 443. The molecule has 0 aromatic heterocycles. The van der Waals surface area contributed by atoms with Crippen LogP contribution in [0, 0.1) is 5.92 Å². The molecule has 2 aliphatic rings. The van der Waals surface area contributed by atoms with E-state index < -0.39 is 0 Å². The van der Waals surface area contributed by atoms with Gasteiger partial charge in [-0.25, -0.2) is 0 Å². The molecule has 3 heteroatoms. The van der Waals surface area contributed by atoms with Gasteiger partial charge in [0.05, 0.1) is 6.61 Å². The standard InChI is InChI=1S/C17H25NOS/c1-2-16(18-12-13-6-9-20-10-7-13)14-3-4-17-15(11-14)5-8-19-17/h3-4,11,13,16,18H,2,5-10,12H2,1H3. The monoisotopic (exact) mass is 291 g/mol. The highest BCUT2D eigenvalue weighted by Crippen LogP contribution is 2.29. The molecule has 1 aromatic carbocycles. The molecule has 0 aliphatic carbocycles. The van der Waals surface area contributed by atoms with Gasteiger partial charge in [-0.15, -0.1) is 0 Å². The Hall–Kier alpha value is -0.670. The van der Waals surface area contributed by atoms with Crippen LogP contribution >= 0.6 is 11.8 Å². The Kier molecular flexibility index (Phi) is 4.90. The third-order valence-electron chi connectivity index (χ3n) is 4.52. The predicted molar refractivity (Wildman–Crippen MR) is 86.7 cm³/mol. The van der Waals surface area contributed by atoms with Crippen LogP contribution in [0.15, 0.2) is 18.2 Å². The number of hydrogen-bond acceptors (Lipinski definition) is 3. The minimum atomic E-state index is 0.496. The van der Waals surface area contributed by atoms with Crippen LogP contribution in [-0.2, 0) is 6.42 Å². The maximum Gasteiger partial charge on any atom is 0.122 e. The zero-order chi connectivity index (χ0) is 13.8. The van der Waals surface area contributed by atoms with Crippen LogP contribution in [0.5, 0.6) is 5.75 Å². The summed E-state index contributed by atoms with van der Waals surface area (Å²) in [5.41, 5.74) is 2.82. The van der Waals surface area contributed by atoms with Crippen molar-refractivity contribution in [3.63, 3.8) is 0 Å². The van der Waals surface area contributed by atoms with Crippen molar-refractivity contribution in [3.8, 4) is 5.75 Å². The van der Waals surface area contributed by atoms with Crippen molar-refractivity contribution < 1.29 is 4.74 Å². The van der Waals surface area contributed by atoms with Crippen LogP contribution in [0.3, 0.4) is 0 Å². The fourth-order valence-corrected chi connectivity index (χ4v) is 4.38. The molecule has 1 atom stereocenters. The van der Waals surface area contributed by atoms with Crippen LogP contribution < -0.4 is 10.1 Å². The number of benzene rings is 1. The first-order valence-electron chi connectivity index (χ1n) is 7.93. The smallest absolute Gasteiger partial charge is 0.122 e. The summed E-state index contributed by atoms with van der Waals surface area (Å²) in [6.07, 6.45) is 4.98. The second-order valence-corrected chi connectivity index (χ2v) is 7.12. The Labute approximate surface area is 126 Å². The third kappa shape index (κ3) is 3.32. The molecule has 2 aliphatic heterocycles. The number of rotatable bonds is 5. The minimum absolute atomic E-state index is 0.496. The maximum atomic E-state index is 5.60. The van der Waals surface area contributed by atoms with Gasteiger partial charge < -0.3 is 10.1 Å². The van der Waals surface area contributed by atoms with Crippen LogP contribution in [0.2, 0.25) is 0 Å². The molecule has 1 unspecified atom stereocenters. The van der Waals surface area contributed by atoms with Gasteiger partial charge in [0.2, 0.25) is 0 Å². The summed E-state index contributed by atoms with van der Waals surface area (Å²) >= 11 is 2.11. The topological polar surface area (TPSA) is 21.3 Å². The van der Waals surface area contributed by atoms with Gasteiger partial charge in [-0.05, 0) is 60.4 Å². The highest BCUT2D eigenvalue weighted by molar-refractivity contribution is 7.99. The van der Waals surface area contributed by atoms with Crippen LogP contribution in [-0.4, -0.2) is 24.7 Å². The molecular formula is C17H25NOS. The SMILES string of the molecule is CCC(NCC1CCSCC1)c1ccc2c(c1)CCO2. The van der Waals surface area contributed by atoms with Crippen molar-refractivity contribution in [2.24, 2.45) is 5.92 Å². The third-order valence-corrected chi connectivity index (χ3v) is 5.57. The van der Waals surface area contributed by atoms with Gasteiger partial charge in [0.25, 0.3) is 0 Å². The van der Waals surface area contributed by atoms with Crippen LogP contribution in [0.1, 0.15) is 43.4 Å². The quantitative estimate of drug-likeness (QED) is 0.891. The van der Waals surface area contributed by atoms with E-state index in [1.54, 1.807) is 0 Å². The van der Waals surface area contributed by atoms with Gasteiger partial charge in [0.1, 0.15) is 5.75 Å². The van der Waals surface area contributed by atoms with Crippen molar-refractivity contribution >= 4 is 11.8 Å². The normalized spacial score (nSPS) is 20.4. The van der Waals surface area contributed by atoms with Gasteiger partial charge in [0, 0.05) is 12.5 Å². The van der Waals surface area contributed by atoms with E-state index in [1.165, 1.54) is 42.0 Å². The Morgan fingerprint density at radius 1 is 1.35 bits per heavy atom. The average Bonchev–Trinajstić information content (AvgIpc) is 2.96. The van der Waals surface area contributed by atoms with E-state index in [0.29, 0.717) is 6.04 Å². The molecule has 1 N–H and O–H groups in total. The van der Waals surface area contributed by atoms with E-state index in [9.17, 15) is 0 Å². The van der Waals surface area contributed by atoms with Gasteiger partial charge in [0.15, 0.2) is 0 Å². The lowest BCUT2D eigenvalue weighted by Gasteiger charge is -2.25. The first-order chi connectivity index (χ1) is 9.86. The number of thioether (sulfide) groups is 1. The number of ether oxygens (including phenoxy) is 1. The summed E-state index contributed by atoms with van der Waals surface area (Å²) in [6, 6.07) is 7.23. The highest BCUT2D eigenvalue weighted by Gasteiger charge is 2.18. The zero-order valence-electron chi connectivity index (χ0n) is 12.4. The number of fused-ring (bicyclic) bond motifs is 1. The Morgan fingerprint density at radius 3 is 3.00 bits per heavy atom. The second-order valence-electron chi connectivity index (χ2n) is 5.89. The lowest BCUT2D eigenvalue weighted by atomic mass is 9.98. The van der Waals surface area contributed by atoms with E-state index in [0.717, 1.165) is 31.1 Å². The zero-order valence-corrected chi connectivity index (χ0v) is 13.2. The van der Waals surface area contributed by atoms with E-state index in [2.05, 4.69) is 42.2 Å². The molecule has 2 nitrogen and oxygen atoms in total. The molecule has 20 heavy (non-hydrogen) atoms. The maximum absolute atomic E-state index is 5.60. The molecule has 110 valence electrons. The Morgan fingerprint density at radius 2 is 2.20 bits per heavy atom. The van der Waals surface area contributed by atoms with E-state index in [1.807, 2.05) is 0 Å². The van der Waals surface area contributed by atoms with Gasteiger partial charge in [-0.3, -0.25) is 0 Å². The number of nitrogens with one attached hydrogen (secondary N) is 1. The summed E-state index contributed by atoms with van der Waals surface area (Å²) in [4.78, 5) is 0. The molecule has 3 rings (SSSR count). The average molecular weight is 291 g/mol. The molecule has 2 heterocycles. The molecule has 1 saturated heterocycles. The lowest BCUT2D eigenvalue weighted by molar-refractivity contribution is 0.356. The highest BCUT2D eigenvalue weighted by atomic mass is 32.2. The number of hydrogen-bond donors (Lipinski definition) is 1. The summed E-state index contributed by atoms with van der Waals surface area (Å²) < 4.78 is 5.60. The van der Waals surface area contributed by atoms with Gasteiger partial charge in [-0.1, -0.05) is 19.1 Å². The molecule has 0 radical (unpaired) electrons. The van der Waals surface area contributed by atoms with Gasteiger partial charge >= 0.3 is 0 Å². The molecule has 0 amide bonds. The van der Waals surface area contributed by atoms with E-state index >= 15 is 0 Å². The molecule has 0 spiro atoms. The summed E-state index contributed by atoms with van der Waals surface area (Å²) in [7, 11) is 0. The first kappa shape index (κ1) is 14.3. The first-order valence-corrected chi connectivity index (χ1v) is 9.09. The van der Waals surface area contributed by atoms with Crippen molar-refractivity contribution in [2.45, 2.75) is 38.6 Å². The van der Waals surface area contributed by atoms with Crippen LogP contribution in [0.25, 0.3) is 0 Å². The largest absolute Gasteiger partial charge is 0.493 e. The summed E-state index contributed by atoms with van der Waals surface area (Å²) in [6.45, 7) is 4.30. The second kappa shape index (κ2) is 6.86. The molecule has 1 fully saturated rings. The fraction of sp³-hybridized carbons (Fsp3) is 0.647. The van der Waals surface area contributed by atoms with Gasteiger partial charge in [-0.2, -0.15) is 11.8 Å². The summed E-state index contributed by atoms with van der Waals surface area (Å²) in [5.74, 6) is 4.66. The predicted octanol–water partition coefficient (Wildman–Crippen LogP) is 3.81. The molecular weight excluding hydrogens is 266 g/mol. The Balaban J connectivity index is 1.60. The fourth-order valence-electron chi connectivity index (χ4n) is 3.18. The van der Waals surface area contributed by atoms with E-state index in [4.69, 9.17) is 4.74 Å². The molecule has 0 saturated carbocycles. The van der Waals surface area contributed by atoms with Crippen molar-refractivity contribution in [1.82, 2.24) is 5.32 Å². The van der Waals surface area contributed by atoms with E-state index in [-0.39, 0.29) is 0 Å².